The normalized spacial score (nSPS) is 27.6. The van der Waals surface area contributed by atoms with Crippen molar-refractivity contribution in [1.82, 2.24) is 60.0 Å². The number of fused-ring (bicyclic) bond motifs is 1. The smallest absolute Gasteiger partial charge is 0.249 e. The van der Waals surface area contributed by atoms with Crippen LogP contribution in [-0.2, 0) is 57.5 Å². The molecule has 3 heterocycles. The van der Waals surface area contributed by atoms with Gasteiger partial charge in [-0.2, -0.15) is 0 Å². The van der Waals surface area contributed by atoms with E-state index in [2.05, 4.69) is 16.0 Å². The van der Waals surface area contributed by atoms with Gasteiger partial charge in [0, 0.05) is 74.0 Å². The quantitative estimate of drug-likeness (QED) is 0.318. The van der Waals surface area contributed by atoms with Gasteiger partial charge < -0.3 is 64.8 Å². The number of carbonyl (C=O) groups is 12. The molecule has 3 aliphatic heterocycles. The van der Waals surface area contributed by atoms with Gasteiger partial charge in [-0.05, 0) is 113 Å². The van der Waals surface area contributed by atoms with Gasteiger partial charge >= 0.3 is 0 Å². The predicted molar refractivity (Wildman–Crippen MR) is 352 cm³/mol. The molecule has 1 aromatic carbocycles. The molecule has 3 aliphatic carbocycles. The number of nitrogens with one attached hydrogen (secondary N) is 3. The highest BCUT2D eigenvalue weighted by Gasteiger charge is 2.51. The highest BCUT2D eigenvalue weighted by atomic mass is 35.5. The summed E-state index contributed by atoms with van der Waals surface area (Å²) in [6, 6.07) is -1.99. The number of likely N-dealkylation sites (N-methyl/N-ethyl adjacent to an activating group) is 7. The SMILES string of the molecule is CC[C@H](C)[C@@H]1NC(=O)[C@H](C)N(C)C(=O)C[C@@H](C(=O)N2CCCCC2)N(C)C(=O)[C@H](C2CCCCC2)N(C)C(=O)C2(CCCC2)NC(=O)C2CCCN2C(=O)[C@H](COc2ccc(Cl)cc2)NC(=O)CN(C)C(=O)[C@H](CC2CCCCC2)N(C)C(=O)CN(C)C(=O)CN(C)C1=O. The second-order valence-corrected chi connectivity index (χ2v) is 28.1. The van der Waals surface area contributed by atoms with E-state index in [4.69, 9.17) is 16.3 Å². The zero-order chi connectivity index (χ0) is 68.7. The minimum atomic E-state index is -1.50. The lowest BCUT2D eigenvalue weighted by Gasteiger charge is -2.43. The lowest BCUT2D eigenvalue weighted by molar-refractivity contribution is -0.157. The number of carbonyl (C=O) groups excluding carboxylic acids is 12. The molecular weight excluding hydrogens is 1230 g/mol. The minimum absolute atomic E-state index is 0.0742. The minimum Gasteiger partial charge on any atom is -0.491 e. The van der Waals surface area contributed by atoms with Gasteiger partial charge in [0.1, 0.15) is 60.2 Å². The lowest BCUT2D eigenvalue weighted by atomic mass is 9.81. The highest BCUT2D eigenvalue weighted by Crippen LogP contribution is 2.37. The number of hydrogen-bond acceptors (Lipinski definition) is 13. The second kappa shape index (κ2) is 34.1. The maximum atomic E-state index is 15.7. The highest BCUT2D eigenvalue weighted by molar-refractivity contribution is 6.30. The predicted octanol–water partition coefficient (Wildman–Crippen LogP) is 3.82. The summed E-state index contributed by atoms with van der Waals surface area (Å²) in [5.41, 5.74) is -1.50. The van der Waals surface area contributed by atoms with Gasteiger partial charge in [0.15, 0.2) is 0 Å². The van der Waals surface area contributed by atoms with Crippen LogP contribution in [0.1, 0.15) is 162 Å². The summed E-state index contributed by atoms with van der Waals surface area (Å²) in [5.74, 6) is -7.60. The zero-order valence-electron chi connectivity index (χ0n) is 57.3. The summed E-state index contributed by atoms with van der Waals surface area (Å²) in [6.07, 6.45) is 13.0. The van der Waals surface area contributed by atoms with Crippen molar-refractivity contribution in [2.24, 2.45) is 17.8 Å². The van der Waals surface area contributed by atoms with E-state index in [9.17, 15) is 38.4 Å². The van der Waals surface area contributed by atoms with E-state index in [1.165, 1.54) is 78.6 Å². The van der Waals surface area contributed by atoms with Crippen LogP contribution in [0.25, 0.3) is 0 Å². The van der Waals surface area contributed by atoms with Gasteiger partial charge in [-0.3, -0.25) is 57.5 Å². The summed E-state index contributed by atoms with van der Waals surface area (Å²) < 4.78 is 6.10. The first kappa shape index (κ1) is 74.3. The second-order valence-electron chi connectivity index (χ2n) is 27.6. The van der Waals surface area contributed by atoms with Gasteiger partial charge in [-0.25, -0.2) is 0 Å². The number of hydrogen-bond donors (Lipinski definition) is 3. The first-order valence-corrected chi connectivity index (χ1v) is 34.7. The van der Waals surface area contributed by atoms with E-state index in [0.29, 0.717) is 75.2 Å². The molecule has 94 heavy (non-hydrogen) atoms. The van der Waals surface area contributed by atoms with Crippen molar-refractivity contribution in [2.75, 3.05) is 95.2 Å². The number of benzene rings is 1. The van der Waals surface area contributed by atoms with Crippen LogP contribution >= 0.6 is 11.6 Å². The maximum Gasteiger partial charge on any atom is 0.249 e. The molecule has 1 unspecified atom stereocenters. The molecule has 6 aliphatic rings. The molecule has 0 radical (unpaired) electrons. The van der Waals surface area contributed by atoms with Crippen molar-refractivity contribution in [2.45, 2.75) is 210 Å². The number of nitrogens with zero attached hydrogens (tertiary/aromatic N) is 9. The molecule has 0 bridgehead atoms. The Morgan fingerprint density at radius 3 is 1.83 bits per heavy atom. The van der Waals surface area contributed by atoms with E-state index in [1.54, 1.807) is 43.1 Å². The number of halogens is 1. The van der Waals surface area contributed by atoms with Crippen LogP contribution in [0.5, 0.6) is 5.75 Å². The number of ether oxygens (including phenoxy) is 1. The van der Waals surface area contributed by atoms with Crippen LogP contribution in [-0.4, -0.2) is 258 Å². The fourth-order valence-corrected chi connectivity index (χ4v) is 14.7. The standard InChI is InChI=1S/C68H105ClN12O13/c1-11-44(2)58-65(91)75(6)41-56(84)73(4)42-57(85)77(8)52(38-46-24-15-12-16-25-46)63(89)74(5)40-54(82)70-50(43-94-49-31-29-48(69)30-32-49)62(88)81-37-23-28-51(81)61(87)72-68(33-19-20-34-68)67(93)79(10)59(47-26-17-13-18-27-47)66(92)78(9)53(64(90)80-35-21-14-22-36-80)39-55(83)76(7)45(3)60(86)71-58/h29-32,44-47,50-53,58-59H,11-28,33-43H2,1-10H3,(H,70,82)(H,71,86)(H,72,87)/t44-,45-,50-,51?,52-,53-,58-,59-/m0/s1. The van der Waals surface area contributed by atoms with Crippen molar-refractivity contribution in [3.63, 3.8) is 0 Å². The first-order chi connectivity index (χ1) is 44.7. The maximum absolute atomic E-state index is 15.7. The molecule has 12 amide bonds. The van der Waals surface area contributed by atoms with Crippen LogP contribution < -0.4 is 20.7 Å². The molecule has 7 rings (SSSR count). The third-order valence-electron chi connectivity index (χ3n) is 21.0. The Morgan fingerprint density at radius 2 is 1.20 bits per heavy atom. The van der Waals surface area contributed by atoms with Crippen molar-refractivity contribution < 1.29 is 62.3 Å². The topological polar surface area (TPSA) is 279 Å². The summed E-state index contributed by atoms with van der Waals surface area (Å²) in [5, 5.41) is 9.17. The Hall–Kier alpha value is -7.05. The Labute approximate surface area is 560 Å². The third kappa shape index (κ3) is 18.5. The summed E-state index contributed by atoms with van der Waals surface area (Å²) in [7, 11) is 10.2. The molecule has 1 aromatic rings. The van der Waals surface area contributed by atoms with E-state index in [0.717, 1.165) is 67.6 Å². The van der Waals surface area contributed by atoms with Crippen LogP contribution in [0.3, 0.4) is 0 Å². The monoisotopic (exact) mass is 1330 g/mol. The van der Waals surface area contributed by atoms with Gasteiger partial charge in [0.25, 0.3) is 0 Å². The molecule has 0 aromatic heterocycles. The van der Waals surface area contributed by atoms with Crippen LogP contribution in [0.2, 0.25) is 5.02 Å². The zero-order valence-corrected chi connectivity index (χ0v) is 58.1. The summed E-state index contributed by atoms with van der Waals surface area (Å²) in [4.78, 5) is 189. The van der Waals surface area contributed by atoms with E-state index in [1.807, 2.05) is 6.92 Å². The average molecular weight is 1330 g/mol. The van der Waals surface area contributed by atoms with Crippen LogP contribution in [0.4, 0.5) is 0 Å². The van der Waals surface area contributed by atoms with Gasteiger partial charge in [0.05, 0.1) is 26.1 Å². The molecule has 3 saturated carbocycles. The number of rotatable bonds is 9. The largest absolute Gasteiger partial charge is 0.491 e. The average Bonchev–Trinajstić information content (AvgIpc) is 1.15. The first-order valence-electron chi connectivity index (χ1n) is 34.4. The molecule has 6 fully saturated rings. The molecule has 3 N–H and O–H groups in total. The van der Waals surface area contributed by atoms with E-state index < -0.39 is 157 Å². The molecule has 3 saturated heterocycles. The summed E-state index contributed by atoms with van der Waals surface area (Å²) in [6.45, 7) is 4.12. The van der Waals surface area contributed by atoms with Crippen LogP contribution in [0, 0.1) is 17.8 Å². The summed E-state index contributed by atoms with van der Waals surface area (Å²) >= 11 is 6.19. The van der Waals surface area contributed by atoms with Crippen molar-refractivity contribution in [3.8, 4) is 5.75 Å². The Bertz CT molecular complexity index is 2880. The van der Waals surface area contributed by atoms with Gasteiger partial charge in [0.2, 0.25) is 70.9 Å². The van der Waals surface area contributed by atoms with Gasteiger partial charge in [-0.15, -0.1) is 0 Å². The van der Waals surface area contributed by atoms with Crippen molar-refractivity contribution >= 4 is 82.5 Å². The molecule has 8 atom stereocenters. The Morgan fingerprint density at radius 1 is 0.606 bits per heavy atom. The van der Waals surface area contributed by atoms with Crippen LogP contribution in [0.15, 0.2) is 24.3 Å². The molecule has 25 nitrogen and oxygen atoms in total. The third-order valence-corrected chi connectivity index (χ3v) is 21.3. The number of amides is 12. The molecule has 1 spiro atoms. The van der Waals surface area contributed by atoms with Crippen molar-refractivity contribution in [1.29, 1.82) is 0 Å². The Kier molecular flexibility index (Phi) is 26.9. The molecule has 522 valence electrons. The van der Waals surface area contributed by atoms with E-state index >= 15 is 19.2 Å². The molecular formula is C68H105ClN12O13. The number of piperidine rings is 1. The molecule has 26 heteroatoms. The fourth-order valence-electron chi connectivity index (χ4n) is 14.6. The van der Waals surface area contributed by atoms with Gasteiger partial charge in [-0.1, -0.05) is 96.1 Å². The lowest BCUT2D eigenvalue weighted by Crippen LogP contribution is -2.65. The number of likely N-dealkylation sites (tertiary alicyclic amines) is 1. The van der Waals surface area contributed by atoms with E-state index in [-0.39, 0.29) is 44.1 Å². The van der Waals surface area contributed by atoms with Crippen molar-refractivity contribution in [3.05, 3.63) is 29.3 Å². The Balaban J connectivity index is 1.25. The fraction of sp³-hybridized carbons (Fsp3) is 0.735.